The van der Waals surface area contributed by atoms with E-state index in [9.17, 15) is 19.1 Å². The van der Waals surface area contributed by atoms with Crippen LogP contribution in [0.4, 0.5) is 4.39 Å². The number of aromatic nitrogens is 2. The minimum atomic E-state index is -0.780. The van der Waals surface area contributed by atoms with E-state index in [-0.39, 0.29) is 23.3 Å². The lowest BCUT2D eigenvalue weighted by Gasteiger charge is -2.14. The summed E-state index contributed by atoms with van der Waals surface area (Å²) in [6.45, 7) is 0.223. The van der Waals surface area contributed by atoms with Gasteiger partial charge in [0.1, 0.15) is 17.1 Å². The fraction of sp³-hybridized carbons (Fsp3) is 0.0500. The number of nitrogens with zero attached hydrogens (tertiary/aromatic N) is 2. The van der Waals surface area contributed by atoms with E-state index in [0.29, 0.717) is 0 Å². The summed E-state index contributed by atoms with van der Waals surface area (Å²) in [6.07, 6.45) is 1.45. The van der Waals surface area contributed by atoms with E-state index >= 15 is 0 Å². The van der Waals surface area contributed by atoms with Crippen LogP contribution in [0.5, 0.6) is 5.75 Å². The Morgan fingerprint density at radius 1 is 1.21 bits per heavy atom. The molecule has 3 heterocycles. The highest BCUT2D eigenvalue weighted by Gasteiger charge is 2.23. The van der Waals surface area contributed by atoms with Crippen molar-refractivity contribution in [2.45, 2.75) is 6.54 Å². The zero-order valence-corrected chi connectivity index (χ0v) is 15.2. The molecule has 0 spiro atoms. The van der Waals surface area contributed by atoms with Gasteiger partial charge < -0.3 is 10.4 Å². The Bertz CT molecular complexity index is 1240. The predicted octanol–water partition coefficient (Wildman–Crippen LogP) is 3.22. The number of benzene rings is 1. The van der Waals surface area contributed by atoms with E-state index in [1.54, 1.807) is 12.1 Å². The predicted molar refractivity (Wildman–Crippen MR) is 104 cm³/mol. The van der Waals surface area contributed by atoms with Gasteiger partial charge in [-0.1, -0.05) is 12.1 Å². The average molecular weight is 395 g/mol. The van der Waals surface area contributed by atoms with Gasteiger partial charge in [-0.25, -0.2) is 9.37 Å². The van der Waals surface area contributed by atoms with Crippen molar-refractivity contribution in [1.82, 2.24) is 14.9 Å². The Labute approximate surface area is 162 Å². The molecule has 0 aliphatic heterocycles. The van der Waals surface area contributed by atoms with Crippen molar-refractivity contribution in [3.8, 4) is 11.4 Å². The van der Waals surface area contributed by atoms with E-state index in [4.69, 9.17) is 0 Å². The summed E-state index contributed by atoms with van der Waals surface area (Å²) in [5.41, 5.74) is -0.856. The number of aromatic hydroxyl groups is 1. The Morgan fingerprint density at radius 3 is 2.82 bits per heavy atom. The number of hydrogen-bond acceptors (Lipinski definition) is 5. The number of rotatable bonds is 4. The van der Waals surface area contributed by atoms with Crippen LogP contribution in [-0.2, 0) is 6.54 Å². The largest absolute Gasteiger partial charge is 0.506 e. The van der Waals surface area contributed by atoms with Gasteiger partial charge in [0.25, 0.3) is 11.5 Å². The van der Waals surface area contributed by atoms with Gasteiger partial charge >= 0.3 is 0 Å². The van der Waals surface area contributed by atoms with Crippen molar-refractivity contribution in [2.75, 3.05) is 0 Å². The second-order valence-corrected chi connectivity index (χ2v) is 7.01. The van der Waals surface area contributed by atoms with Crippen molar-refractivity contribution in [3.63, 3.8) is 0 Å². The van der Waals surface area contributed by atoms with Crippen molar-refractivity contribution < 1.29 is 14.3 Å². The third kappa shape index (κ3) is 3.14. The van der Waals surface area contributed by atoms with Crippen LogP contribution in [0.3, 0.4) is 0 Å². The lowest BCUT2D eigenvalue weighted by molar-refractivity contribution is 0.0947. The van der Waals surface area contributed by atoms with E-state index in [1.165, 1.54) is 41.8 Å². The van der Waals surface area contributed by atoms with Gasteiger partial charge in [0.2, 0.25) is 0 Å². The maximum Gasteiger partial charge on any atom is 0.273 e. The maximum absolute atomic E-state index is 13.7. The topological polar surface area (TPSA) is 84.2 Å². The number of fused-ring (bicyclic) bond motifs is 1. The Hall–Kier alpha value is -3.52. The summed E-state index contributed by atoms with van der Waals surface area (Å²) in [6, 6.07) is 12.2. The minimum absolute atomic E-state index is 0.130. The first-order valence-corrected chi connectivity index (χ1v) is 9.23. The monoisotopic (exact) mass is 395 g/mol. The molecule has 140 valence electrons. The summed E-state index contributed by atoms with van der Waals surface area (Å²) < 4.78 is 14.9. The molecule has 6 nitrogen and oxygen atoms in total. The van der Waals surface area contributed by atoms with Gasteiger partial charge in [-0.15, -0.1) is 11.3 Å². The molecule has 28 heavy (non-hydrogen) atoms. The normalized spacial score (nSPS) is 10.9. The van der Waals surface area contributed by atoms with Crippen LogP contribution in [0.15, 0.2) is 64.9 Å². The molecule has 4 aromatic rings. The molecule has 1 amide bonds. The van der Waals surface area contributed by atoms with E-state index in [0.717, 1.165) is 9.44 Å². The van der Waals surface area contributed by atoms with Crippen molar-refractivity contribution in [3.05, 3.63) is 86.7 Å². The fourth-order valence-corrected chi connectivity index (χ4v) is 3.58. The van der Waals surface area contributed by atoms with E-state index in [1.807, 2.05) is 17.5 Å². The van der Waals surface area contributed by atoms with Crippen LogP contribution in [0.1, 0.15) is 15.2 Å². The third-order valence-electron chi connectivity index (χ3n) is 4.20. The number of thiophene rings is 1. The number of carbonyl (C=O) groups is 1. The summed E-state index contributed by atoms with van der Waals surface area (Å²) in [5.74, 6) is -1.71. The molecule has 0 atom stereocenters. The van der Waals surface area contributed by atoms with Crippen LogP contribution in [0, 0.1) is 5.82 Å². The highest BCUT2D eigenvalue weighted by molar-refractivity contribution is 7.09. The highest BCUT2D eigenvalue weighted by atomic mass is 32.1. The van der Waals surface area contributed by atoms with Crippen molar-refractivity contribution in [1.29, 1.82) is 0 Å². The van der Waals surface area contributed by atoms with Gasteiger partial charge in [-0.3, -0.25) is 14.2 Å². The van der Waals surface area contributed by atoms with Gasteiger partial charge in [-0.05, 0) is 41.8 Å². The molecular formula is C20H14FN3O3S. The van der Waals surface area contributed by atoms with E-state index < -0.39 is 28.6 Å². The molecule has 8 heteroatoms. The Morgan fingerprint density at radius 2 is 2.07 bits per heavy atom. The lowest BCUT2D eigenvalue weighted by atomic mass is 10.1. The molecule has 4 rings (SSSR count). The van der Waals surface area contributed by atoms with Crippen LogP contribution in [0.2, 0.25) is 0 Å². The molecule has 0 radical (unpaired) electrons. The summed E-state index contributed by atoms with van der Waals surface area (Å²) in [4.78, 5) is 30.9. The number of hydrogen-bond donors (Lipinski definition) is 2. The second kappa shape index (κ2) is 7.24. The molecule has 0 fully saturated rings. The van der Waals surface area contributed by atoms with Crippen LogP contribution in [-0.4, -0.2) is 20.6 Å². The average Bonchev–Trinajstić information content (AvgIpc) is 3.20. The molecule has 1 aromatic carbocycles. The first-order chi connectivity index (χ1) is 13.6. The Balaban J connectivity index is 1.89. The quantitative estimate of drug-likeness (QED) is 0.556. The number of halogens is 1. The van der Waals surface area contributed by atoms with Crippen LogP contribution >= 0.6 is 11.3 Å². The number of nitrogens with one attached hydrogen (secondary N) is 1. The molecular weight excluding hydrogens is 381 g/mol. The van der Waals surface area contributed by atoms with Crippen LogP contribution < -0.4 is 10.9 Å². The molecule has 0 bridgehead atoms. The molecule has 2 N–H and O–H groups in total. The van der Waals surface area contributed by atoms with E-state index in [2.05, 4.69) is 10.3 Å². The lowest BCUT2D eigenvalue weighted by Crippen LogP contribution is -2.32. The summed E-state index contributed by atoms with van der Waals surface area (Å²) in [7, 11) is 0. The molecule has 0 saturated heterocycles. The zero-order valence-electron chi connectivity index (χ0n) is 14.4. The van der Waals surface area contributed by atoms with Gasteiger partial charge in [0.05, 0.1) is 17.6 Å². The van der Waals surface area contributed by atoms with Gasteiger partial charge in [-0.2, -0.15) is 0 Å². The standard InChI is InChI=1S/C20H14FN3O3S/c21-12-4-1-5-13(10-12)24-18-15(7-2-8-22-18)17(25)16(20(24)27)19(26)23-11-14-6-3-9-28-14/h1-10,25H,11H2,(H,23,26). The number of pyridine rings is 2. The van der Waals surface area contributed by atoms with Crippen molar-refractivity contribution >= 4 is 28.3 Å². The minimum Gasteiger partial charge on any atom is -0.506 e. The van der Waals surface area contributed by atoms with Crippen LogP contribution in [0.25, 0.3) is 16.7 Å². The first-order valence-electron chi connectivity index (χ1n) is 8.35. The molecule has 0 saturated carbocycles. The summed E-state index contributed by atoms with van der Waals surface area (Å²) in [5, 5.41) is 15.3. The SMILES string of the molecule is O=C(NCc1cccs1)c1c(O)c2cccnc2n(-c2cccc(F)c2)c1=O. The number of carbonyl (C=O) groups excluding carboxylic acids is 1. The fourth-order valence-electron chi connectivity index (χ4n) is 2.93. The first kappa shape index (κ1) is 17.9. The smallest absolute Gasteiger partial charge is 0.273 e. The van der Waals surface area contributed by atoms with Gasteiger partial charge in [0.15, 0.2) is 5.65 Å². The molecule has 0 unspecified atom stereocenters. The zero-order chi connectivity index (χ0) is 19.7. The number of amides is 1. The highest BCUT2D eigenvalue weighted by Crippen LogP contribution is 2.27. The molecule has 0 aliphatic carbocycles. The second-order valence-electron chi connectivity index (χ2n) is 5.98. The molecule has 3 aromatic heterocycles. The van der Waals surface area contributed by atoms with Crippen molar-refractivity contribution in [2.24, 2.45) is 0 Å². The maximum atomic E-state index is 13.7. The van der Waals surface area contributed by atoms with Gasteiger partial charge in [0, 0.05) is 11.1 Å². The summed E-state index contributed by atoms with van der Waals surface area (Å²) >= 11 is 1.46. The third-order valence-corrected chi connectivity index (χ3v) is 5.08. The Kier molecular flexibility index (Phi) is 4.62. The molecule has 0 aliphatic rings.